The summed E-state index contributed by atoms with van der Waals surface area (Å²) in [5.74, 6) is -0.338. The Hall–Kier alpha value is -1.92. The van der Waals surface area contributed by atoms with Gasteiger partial charge in [0.25, 0.3) is 5.91 Å². The summed E-state index contributed by atoms with van der Waals surface area (Å²) in [6.45, 7) is 2.39. The number of hydrogen-bond acceptors (Lipinski definition) is 4. The molecule has 0 aliphatic carbocycles. The first-order valence-corrected chi connectivity index (χ1v) is 8.50. The van der Waals surface area contributed by atoms with Gasteiger partial charge in [-0.2, -0.15) is 0 Å². The molecule has 23 heavy (non-hydrogen) atoms. The minimum Gasteiger partial charge on any atom is -0.328 e. The predicted molar refractivity (Wildman–Crippen MR) is 91.2 cm³/mol. The molecule has 0 spiro atoms. The number of rotatable bonds is 3. The largest absolute Gasteiger partial charge is 0.328 e. The van der Waals surface area contributed by atoms with Crippen LogP contribution < -0.4 is 4.90 Å². The number of halogens is 1. The molecule has 0 bridgehead atoms. The van der Waals surface area contributed by atoms with Crippen molar-refractivity contribution < 1.29 is 9.59 Å². The molecule has 1 aliphatic rings. The lowest BCUT2D eigenvalue weighted by molar-refractivity contribution is -0.120. The van der Waals surface area contributed by atoms with Crippen molar-refractivity contribution in [2.24, 2.45) is 0 Å². The van der Waals surface area contributed by atoms with Crippen molar-refractivity contribution in [3.05, 3.63) is 45.4 Å². The molecule has 2 amide bonds. The first kappa shape index (κ1) is 16.0. The molecule has 1 fully saturated rings. The molecule has 1 atom stereocenters. The van der Waals surface area contributed by atoms with Gasteiger partial charge in [0.1, 0.15) is 11.7 Å². The molecule has 0 N–H and O–H groups in total. The summed E-state index contributed by atoms with van der Waals surface area (Å²) >= 11 is 7.60. The van der Waals surface area contributed by atoms with Crippen LogP contribution in [0.4, 0.5) is 5.69 Å². The zero-order chi connectivity index (χ0) is 16.6. The fraction of sp³-hybridized carbons (Fsp3) is 0.312. The number of para-hydroxylation sites is 1. The van der Waals surface area contributed by atoms with Gasteiger partial charge in [-0.15, -0.1) is 11.3 Å². The number of likely N-dealkylation sites (N-methyl/N-ethyl adjacent to an activating group) is 1. The van der Waals surface area contributed by atoms with Gasteiger partial charge >= 0.3 is 0 Å². The number of nitrogens with zero attached hydrogens (tertiary/aromatic N) is 3. The zero-order valence-corrected chi connectivity index (χ0v) is 14.4. The van der Waals surface area contributed by atoms with Gasteiger partial charge < -0.3 is 9.80 Å². The van der Waals surface area contributed by atoms with Crippen LogP contribution in [0, 0.1) is 6.92 Å². The van der Waals surface area contributed by atoms with E-state index in [9.17, 15) is 9.59 Å². The second kappa shape index (κ2) is 6.29. The van der Waals surface area contributed by atoms with Crippen molar-refractivity contribution in [3.63, 3.8) is 0 Å². The molecule has 3 rings (SSSR count). The van der Waals surface area contributed by atoms with Crippen molar-refractivity contribution in [2.45, 2.75) is 19.4 Å². The van der Waals surface area contributed by atoms with Gasteiger partial charge in [0.15, 0.2) is 0 Å². The van der Waals surface area contributed by atoms with Crippen LogP contribution in [0.25, 0.3) is 0 Å². The van der Waals surface area contributed by atoms with Gasteiger partial charge in [0, 0.05) is 19.0 Å². The van der Waals surface area contributed by atoms with Crippen LogP contribution >= 0.6 is 22.9 Å². The minimum atomic E-state index is -0.485. The summed E-state index contributed by atoms with van der Waals surface area (Å²) in [5, 5.41) is 3.09. The van der Waals surface area contributed by atoms with Crippen molar-refractivity contribution in [2.75, 3.05) is 18.5 Å². The lowest BCUT2D eigenvalue weighted by atomic mass is 10.2. The number of benzene rings is 1. The summed E-state index contributed by atoms with van der Waals surface area (Å²) in [6, 6.07) is 6.75. The van der Waals surface area contributed by atoms with Gasteiger partial charge in [0.2, 0.25) is 5.91 Å². The third-order valence-corrected chi connectivity index (χ3v) is 5.04. The van der Waals surface area contributed by atoms with Gasteiger partial charge in [-0.3, -0.25) is 9.59 Å². The number of amides is 2. The lowest BCUT2D eigenvalue weighted by Crippen LogP contribution is -2.43. The fourth-order valence-electron chi connectivity index (χ4n) is 2.72. The van der Waals surface area contributed by atoms with Crippen molar-refractivity contribution >= 4 is 40.4 Å². The molecule has 2 heterocycles. The topological polar surface area (TPSA) is 53.5 Å². The quantitative estimate of drug-likeness (QED) is 0.856. The summed E-state index contributed by atoms with van der Waals surface area (Å²) in [7, 11) is 1.65. The second-order valence-corrected chi connectivity index (χ2v) is 6.88. The Kier molecular flexibility index (Phi) is 4.37. The smallest absolute Gasteiger partial charge is 0.273 e. The molecule has 1 aromatic carbocycles. The Morgan fingerprint density at radius 1 is 1.43 bits per heavy atom. The van der Waals surface area contributed by atoms with Crippen LogP contribution in [0.3, 0.4) is 0 Å². The first-order chi connectivity index (χ1) is 11.0. The first-order valence-electron chi connectivity index (χ1n) is 7.24. The molecule has 7 heteroatoms. The highest BCUT2D eigenvalue weighted by Crippen LogP contribution is 2.30. The maximum atomic E-state index is 12.7. The van der Waals surface area contributed by atoms with E-state index in [1.54, 1.807) is 23.4 Å². The average molecular weight is 350 g/mol. The van der Waals surface area contributed by atoms with Gasteiger partial charge in [-0.25, -0.2) is 4.98 Å². The molecule has 120 valence electrons. The van der Waals surface area contributed by atoms with Crippen molar-refractivity contribution in [1.29, 1.82) is 0 Å². The Bertz CT molecular complexity index is 761. The molecule has 0 saturated carbocycles. The number of anilines is 1. The maximum Gasteiger partial charge on any atom is 0.273 e. The van der Waals surface area contributed by atoms with E-state index in [1.165, 1.54) is 16.2 Å². The third-order valence-electron chi connectivity index (χ3n) is 3.95. The Morgan fingerprint density at radius 2 is 2.17 bits per heavy atom. The lowest BCUT2D eigenvalue weighted by Gasteiger charge is -2.23. The molecule has 0 radical (unpaired) electrons. The maximum absolute atomic E-state index is 12.7. The number of hydrogen-bond donors (Lipinski definition) is 0. The Balaban J connectivity index is 1.79. The zero-order valence-electron chi connectivity index (χ0n) is 12.8. The highest BCUT2D eigenvalue weighted by molar-refractivity contribution is 7.09. The summed E-state index contributed by atoms with van der Waals surface area (Å²) in [6.07, 6.45) is 0.579. The number of aromatic nitrogens is 1. The standard InChI is InChI=1S/C16H16ClN3O2S/c1-10-18-12(9-23-10)15(21)19(2)14-7-8-20(16(14)22)13-6-4-3-5-11(13)17/h3-6,9,14H,7-8H2,1-2H3. The molecule has 1 saturated heterocycles. The number of thiazole rings is 1. The van der Waals surface area contributed by atoms with Crippen LogP contribution in [-0.2, 0) is 4.79 Å². The van der Waals surface area contributed by atoms with E-state index in [0.717, 1.165) is 5.01 Å². The van der Waals surface area contributed by atoms with E-state index < -0.39 is 6.04 Å². The van der Waals surface area contributed by atoms with Gasteiger partial charge in [-0.05, 0) is 25.5 Å². The Morgan fingerprint density at radius 3 is 2.83 bits per heavy atom. The van der Waals surface area contributed by atoms with Crippen LogP contribution in [-0.4, -0.2) is 41.3 Å². The van der Waals surface area contributed by atoms with E-state index in [0.29, 0.717) is 29.4 Å². The molecule has 2 aromatic rings. The summed E-state index contributed by atoms with van der Waals surface area (Å²) < 4.78 is 0. The van der Waals surface area contributed by atoms with E-state index in [2.05, 4.69) is 4.98 Å². The van der Waals surface area contributed by atoms with E-state index in [-0.39, 0.29) is 11.8 Å². The molecule has 1 aliphatic heterocycles. The van der Waals surface area contributed by atoms with Gasteiger partial charge in [-0.1, -0.05) is 23.7 Å². The number of carbonyl (C=O) groups is 2. The molecular weight excluding hydrogens is 334 g/mol. The SMILES string of the molecule is Cc1nc(C(=O)N(C)C2CCN(c3ccccc3Cl)C2=O)cs1. The summed E-state index contributed by atoms with van der Waals surface area (Å²) in [4.78, 5) is 32.5. The average Bonchev–Trinajstić information content (AvgIpc) is 3.13. The van der Waals surface area contributed by atoms with Crippen LogP contribution in [0.1, 0.15) is 21.9 Å². The summed E-state index contributed by atoms with van der Waals surface area (Å²) in [5.41, 5.74) is 1.08. The number of carbonyl (C=O) groups excluding carboxylic acids is 2. The minimum absolute atomic E-state index is 0.110. The van der Waals surface area contributed by atoms with E-state index >= 15 is 0 Å². The monoisotopic (exact) mass is 349 g/mol. The molecular formula is C16H16ClN3O2S. The van der Waals surface area contributed by atoms with Crippen molar-refractivity contribution in [1.82, 2.24) is 9.88 Å². The molecule has 5 nitrogen and oxygen atoms in total. The molecule has 1 aromatic heterocycles. The predicted octanol–water partition coefficient (Wildman–Crippen LogP) is 2.98. The van der Waals surface area contributed by atoms with E-state index in [1.807, 2.05) is 25.1 Å². The van der Waals surface area contributed by atoms with Crippen LogP contribution in [0.2, 0.25) is 5.02 Å². The van der Waals surface area contributed by atoms with Gasteiger partial charge in [0.05, 0.1) is 15.7 Å². The number of aryl methyl sites for hydroxylation is 1. The van der Waals surface area contributed by atoms with Crippen molar-refractivity contribution in [3.8, 4) is 0 Å². The van der Waals surface area contributed by atoms with Crippen LogP contribution in [0.5, 0.6) is 0 Å². The highest BCUT2D eigenvalue weighted by atomic mass is 35.5. The molecule has 1 unspecified atom stereocenters. The third kappa shape index (κ3) is 2.96. The van der Waals surface area contributed by atoms with Crippen LogP contribution in [0.15, 0.2) is 29.6 Å². The normalized spacial score (nSPS) is 17.6. The second-order valence-electron chi connectivity index (χ2n) is 5.41. The van der Waals surface area contributed by atoms with E-state index in [4.69, 9.17) is 11.6 Å². The Labute approximate surface area is 143 Å². The highest BCUT2D eigenvalue weighted by Gasteiger charge is 2.38. The fourth-order valence-corrected chi connectivity index (χ4v) is 3.54.